The van der Waals surface area contributed by atoms with Crippen LogP contribution in [0.1, 0.15) is 46.0 Å². The highest BCUT2D eigenvalue weighted by Crippen LogP contribution is 2.31. The van der Waals surface area contributed by atoms with Crippen molar-refractivity contribution in [1.82, 2.24) is 10.6 Å². The van der Waals surface area contributed by atoms with Crippen LogP contribution in [0.25, 0.3) is 0 Å². The lowest BCUT2D eigenvalue weighted by atomic mass is 9.83. The van der Waals surface area contributed by atoms with Crippen LogP contribution in [0, 0.1) is 0 Å². The molecule has 116 valence electrons. The Labute approximate surface area is 114 Å². The highest BCUT2D eigenvalue weighted by Gasteiger charge is 2.58. The molecule has 0 aliphatic heterocycles. The van der Waals surface area contributed by atoms with Gasteiger partial charge in [-0.05, 0) is 26.7 Å². The number of amides is 2. The van der Waals surface area contributed by atoms with E-state index in [0.29, 0.717) is 19.8 Å². The van der Waals surface area contributed by atoms with Gasteiger partial charge in [-0.25, -0.2) is 9.59 Å². The number of carboxylic acids is 1. The first-order valence-electron chi connectivity index (χ1n) is 6.41. The third kappa shape index (κ3) is 3.55. The summed E-state index contributed by atoms with van der Waals surface area (Å²) in [5, 5.41) is 12.7. The fourth-order valence-electron chi connectivity index (χ4n) is 2.24. The second-order valence-corrected chi connectivity index (χ2v) is 5.63. The van der Waals surface area contributed by atoms with E-state index in [-0.39, 0.29) is 0 Å². The molecular formula is C12H19F3N2O3. The molecule has 1 fully saturated rings. The third-order valence-electron chi connectivity index (χ3n) is 3.73. The molecule has 0 bridgehead atoms. The zero-order chi connectivity index (χ0) is 15.6. The van der Waals surface area contributed by atoms with Gasteiger partial charge in [0.2, 0.25) is 5.54 Å². The van der Waals surface area contributed by atoms with Gasteiger partial charge in [0.25, 0.3) is 0 Å². The molecular weight excluding hydrogens is 277 g/mol. The highest BCUT2D eigenvalue weighted by molar-refractivity contribution is 5.87. The van der Waals surface area contributed by atoms with Crippen LogP contribution in [0.3, 0.4) is 0 Å². The predicted octanol–water partition coefficient (Wildman–Crippen LogP) is 2.41. The minimum absolute atomic E-state index is 0.429. The maximum absolute atomic E-state index is 12.8. The lowest BCUT2D eigenvalue weighted by molar-refractivity contribution is -0.203. The standard InChI is InChI=1S/C12H19F3N2O3/c1-10(6-4-3-5-7-10)16-9(20)17-11(2,8(18)19)12(13,14)15/h3-7H2,1-2H3,(H,18,19)(H2,16,17,20). The molecule has 8 heteroatoms. The van der Waals surface area contributed by atoms with E-state index < -0.39 is 29.3 Å². The summed E-state index contributed by atoms with van der Waals surface area (Å²) in [6.07, 6.45) is -0.969. The zero-order valence-electron chi connectivity index (χ0n) is 11.4. The molecule has 0 saturated heterocycles. The molecule has 0 aromatic carbocycles. The van der Waals surface area contributed by atoms with Crippen molar-refractivity contribution in [1.29, 1.82) is 0 Å². The summed E-state index contributed by atoms with van der Waals surface area (Å²) in [4.78, 5) is 22.5. The summed E-state index contributed by atoms with van der Waals surface area (Å²) >= 11 is 0. The van der Waals surface area contributed by atoms with Gasteiger partial charge in [0.15, 0.2) is 0 Å². The number of carbonyl (C=O) groups is 2. The van der Waals surface area contributed by atoms with Gasteiger partial charge in [0, 0.05) is 5.54 Å². The highest BCUT2D eigenvalue weighted by atomic mass is 19.4. The fourth-order valence-corrected chi connectivity index (χ4v) is 2.24. The molecule has 0 aromatic rings. The molecule has 20 heavy (non-hydrogen) atoms. The van der Waals surface area contributed by atoms with Gasteiger partial charge in [-0.15, -0.1) is 0 Å². The monoisotopic (exact) mass is 296 g/mol. The van der Waals surface area contributed by atoms with Crippen molar-refractivity contribution >= 4 is 12.0 Å². The Kier molecular flexibility index (Phi) is 4.55. The molecule has 1 aliphatic rings. The van der Waals surface area contributed by atoms with Gasteiger partial charge in [0.1, 0.15) is 0 Å². The molecule has 1 aliphatic carbocycles. The number of rotatable bonds is 3. The smallest absolute Gasteiger partial charge is 0.422 e. The fraction of sp³-hybridized carbons (Fsp3) is 0.833. The summed E-state index contributed by atoms with van der Waals surface area (Å²) < 4.78 is 38.3. The molecule has 1 unspecified atom stereocenters. The summed E-state index contributed by atoms with van der Waals surface area (Å²) in [7, 11) is 0. The molecule has 1 rings (SSSR count). The van der Waals surface area contributed by atoms with Gasteiger partial charge in [-0.1, -0.05) is 19.3 Å². The van der Waals surface area contributed by atoms with E-state index in [1.165, 1.54) is 5.32 Å². The van der Waals surface area contributed by atoms with E-state index in [0.717, 1.165) is 19.3 Å². The number of aliphatic carboxylic acids is 1. The summed E-state index contributed by atoms with van der Waals surface area (Å²) in [6, 6.07) is -1.11. The first kappa shape index (κ1) is 16.6. The molecule has 0 aromatic heterocycles. The Morgan fingerprint density at radius 3 is 2.05 bits per heavy atom. The maximum Gasteiger partial charge on any atom is 0.422 e. The van der Waals surface area contributed by atoms with Crippen LogP contribution in [0.2, 0.25) is 0 Å². The van der Waals surface area contributed by atoms with E-state index in [2.05, 4.69) is 5.32 Å². The number of urea groups is 1. The van der Waals surface area contributed by atoms with E-state index in [1.807, 2.05) is 0 Å². The van der Waals surface area contributed by atoms with Gasteiger partial charge in [0.05, 0.1) is 0 Å². The minimum Gasteiger partial charge on any atom is -0.479 e. The van der Waals surface area contributed by atoms with Crippen molar-refractivity contribution < 1.29 is 27.9 Å². The van der Waals surface area contributed by atoms with Gasteiger partial charge < -0.3 is 15.7 Å². The lowest BCUT2D eigenvalue weighted by Crippen LogP contribution is -2.65. The van der Waals surface area contributed by atoms with Crippen LogP contribution in [-0.4, -0.2) is 34.4 Å². The number of alkyl halides is 3. The van der Waals surface area contributed by atoms with Crippen LogP contribution < -0.4 is 10.6 Å². The largest absolute Gasteiger partial charge is 0.479 e. The SMILES string of the molecule is CC1(NC(=O)NC(C)(C(=O)O)C(F)(F)F)CCCCC1. The number of hydrogen-bond donors (Lipinski definition) is 3. The average Bonchev–Trinajstić information content (AvgIpc) is 2.26. The molecule has 0 radical (unpaired) electrons. The van der Waals surface area contributed by atoms with Crippen LogP contribution in [0.4, 0.5) is 18.0 Å². The van der Waals surface area contributed by atoms with Gasteiger partial charge >= 0.3 is 18.2 Å². The number of carboxylic acid groups (broad SMARTS) is 1. The Morgan fingerprint density at radius 2 is 1.65 bits per heavy atom. The molecule has 0 heterocycles. The summed E-state index contributed by atoms with van der Waals surface area (Å²) in [6.45, 7) is 2.18. The molecule has 1 saturated carbocycles. The van der Waals surface area contributed by atoms with Crippen molar-refractivity contribution in [2.75, 3.05) is 0 Å². The van der Waals surface area contributed by atoms with E-state index >= 15 is 0 Å². The predicted molar refractivity (Wildman–Crippen MR) is 65.3 cm³/mol. The van der Waals surface area contributed by atoms with Crippen LogP contribution in [0.15, 0.2) is 0 Å². The zero-order valence-corrected chi connectivity index (χ0v) is 11.4. The van der Waals surface area contributed by atoms with E-state index in [9.17, 15) is 22.8 Å². The summed E-state index contributed by atoms with van der Waals surface area (Å²) in [5.74, 6) is -2.14. The van der Waals surface area contributed by atoms with Crippen LogP contribution in [0.5, 0.6) is 0 Å². The Balaban J connectivity index is 2.75. The summed E-state index contributed by atoms with van der Waals surface area (Å²) in [5.41, 5.74) is -3.89. The van der Waals surface area contributed by atoms with Crippen LogP contribution >= 0.6 is 0 Å². The molecule has 3 N–H and O–H groups in total. The Hall–Kier alpha value is -1.47. The second kappa shape index (κ2) is 5.49. The van der Waals surface area contributed by atoms with Gasteiger partial charge in [-0.3, -0.25) is 0 Å². The number of halogens is 3. The Bertz CT molecular complexity index is 392. The van der Waals surface area contributed by atoms with Crippen molar-refractivity contribution in [3.8, 4) is 0 Å². The quantitative estimate of drug-likeness (QED) is 0.748. The normalized spacial score (nSPS) is 21.6. The molecule has 0 spiro atoms. The molecule has 1 atom stereocenters. The molecule has 5 nitrogen and oxygen atoms in total. The van der Waals surface area contributed by atoms with Gasteiger partial charge in [-0.2, -0.15) is 13.2 Å². The Morgan fingerprint density at radius 1 is 1.15 bits per heavy atom. The van der Waals surface area contributed by atoms with Crippen molar-refractivity contribution in [3.63, 3.8) is 0 Å². The van der Waals surface area contributed by atoms with Crippen LogP contribution in [-0.2, 0) is 4.79 Å². The van der Waals surface area contributed by atoms with Crippen molar-refractivity contribution in [2.24, 2.45) is 0 Å². The second-order valence-electron chi connectivity index (χ2n) is 5.63. The van der Waals surface area contributed by atoms with E-state index in [4.69, 9.17) is 5.11 Å². The number of carbonyl (C=O) groups excluding carboxylic acids is 1. The first-order chi connectivity index (χ1) is 9.00. The first-order valence-corrected chi connectivity index (χ1v) is 6.41. The topological polar surface area (TPSA) is 78.4 Å². The van der Waals surface area contributed by atoms with E-state index in [1.54, 1.807) is 6.92 Å². The molecule has 2 amide bonds. The average molecular weight is 296 g/mol. The number of nitrogens with one attached hydrogen (secondary N) is 2. The number of hydrogen-bond acceptors (Lipinski definition) is 2. The lowest BCUT2D eigenvalue weighted by Gasteiger charge is -2.36. The van der Waals surface area contributed by atoms with Crippen molar-refractivity contribution in [2.45, 2.75) is 63.2 Å². The third-order valence-corrected chi connectivity index (χ3v) is 3.73. The van der Waals surface area contributed by atoms with Crippen molar-refractivity contribution in [3.05, 3.63) is 0 Å². The maximum atomic E-state index is 12.8. The minimum atomic E-state index is -5.08.